The minimum absolute atomic E-state index is 0.0776. The van der Waals surface area contributed by atoms with Gasteiger partial charge in [-0.25, -0.2) is 4.79 Å². The summed E-state index contributed by atoms with van der Waals surface area (Å²) in [6.07, 6.45) is 1.92. The first-order valence-corrected chi connectivity index (χ1v) is 11.6. The van der Waals surface area contributed by atoms with E-state index in [0.717, 1.165) is 24.2 Å². The number of carbonyl (C=O) groups is 1. The predicted molar refractivity (Wildman–Crippen MR) is 124 cm³/mol. The number of nitrogens with one attached hydrogen (secondary N) is 1. The number of nitrogens with zero attached hydrogens (tertiary/aromatic N) is 1. The molecule has 2 aliphatic rings. The van der Waals surface area contributed by atoms with Crippen molar-refractivity contribution in [1.29, 1.82) is 0 Å². The van der Waals surface area contributed by atoms with Crippen LogP contribution >= 0.6 is 11.3 Å². The number of anilines is 1. The lowest BCUT2D eigenvalue weighted by atomic mass is 9.92. The Balaban J connectivity index is 1.47. The number of carbonyl (C=O) groups excluding carboxylic acids is 1. The molecule has 2 aliphatic heterocycles. The molecule has 0 unspecified atom stereocenters. The fourth-order valence-corrected chi connectivity index (χ4v) is 6.06. The Morgan fingerprint density at radius 1 is 1.13 bits per heavy atom. The molecule has 2 aromatic carbocycles. The van der Waals surface area contributed by atoms with Crippen molar-refractivity contribution < 1.29 is 14.3 Å². The number of urea groups is 1. The van der Waals surface area contributed by atoms with E-state index in [-0.39, 0.29) is 12.1 Å². The number of hydrogen-bond donors (Lipinski definition) is 1. The quantitative estimate of drug-likeness (QED) is 0.586. The van der Waals surface area contributed by atoms with E-state index in [0.29, 0.717) is 31.2 Å². The summed E-state index contributed by atoms with van der Waals surface area (Å²) in [5, 5.41) is 3.08. The zero-order valence-corrected chi connectivity index (χ0v) is 18.6. The third kappa shape index (κ3) is 3.65. The van der Waals surface area contributed by atoms with Crippen LogP contribution in [0.4, 0.5) is 10.5 Å². The molecule has 0 saturated heterocycles. The smallest absolute Gasteiger partial charge is 0.322 e. The van der Waals surface area contributed by atoms with Crippen molar-refractivity contribution in [1.82, 2.24) is 4.90 Å². The maximum atomic E-state index is 13.4. The third-order valence-corrected chi connectivity index (χ3v) is 7.28. The first-order valence-electron chi connectivity index (χ1n) is 10.8. The largest absolute Gasteiger partial charge is 0.486 e. The molecule has 2 amide bonds. The van der Waals surface area contributed by atoms with Crippen molar-refractivity contribution in [2.75, 3.05) is 25.1 Å². The van der Waals surface area contributed by atoms with E-state index in [9.17, 15) is 4.79 Å². The van der Waals surface area contributed by atoms with Gasteiger partial charge in [-0.15, -0.1) is 11.3 Å². The number of fused-ring (bicyclic) bond motifs is 2. The number of hydrogen-bond acceptors (Lipinski definition) is 4. The van der Waals surface area contributed by atoms with E-state index in [4.69, 9.17) is 9.47 Å². The molecule has 5 nitrogen and oxygen atoms in total. The third-order valence-electron chi connectivity index (χ3n) is 6.04. The molecule has 1 N–H and O–H groups in total. The van der Waals surface area contributed by atoms with E-state index in [1.165, 1.54) is 20.9 Å². The summed E-state index contributed by atoms with van der Waals surface area (Å²) in [4.78, 5) is 18.1. The average molecular weight is 435 g/mol. The van der Waals surface area contributed by atoms with Crippen molar-refractivity contribution in [2.24, 2.45) is 0 Å². The zero-order chi connectivity index (χ0) is 21.4. The topological polar surface area (TPSA) is 50.8 Å². The zero-order valence-electron chi connectivity index (χ0n) is 17.8. The van der Waals surface area contributed by atoms with Crippen LogP contribution < -0.4 is 14.8 Å². The van der Waals surface area contributed by atoms with Crippen LogP contribution in [0.3, 0.4) is 0 Å². The monoisotopic (exact) mass is 434 g/mol. The minimum atomic E-state index is -0.0970. The molecule has 0 aliphatic carbocycles. The lowest BCUT2D eigenvalue weighted by Crippen LogP contribution is -2.42. The van der Waals surface area contributed by atoms with Gasteiger partial charge in [-0.1, -0.05) is 37.3 Å². The van der Waals surface area contributed by atoms with Gasteiger partial charge in [0.25, 0.3) is 0 Å². The Kier molecular flexibility index (Phi) is 5.32. The van der Waals surface area contributed by atoms with Gasteiger partial charge in [-0.05, 0) is 48.6 Å². The molecular formula is C25H26N2O3S. The van der Waals surface area contributed by atoms with E-state index >= 15 is 0 Å². The van der Waals surface area contributed by atoms with Crippen LogP contribution in [0.5, 0.6) is 11.5 Å². The lowest BCUT2D eigenvalue weighted by molar-refractivity contribution is 0.171. The minimum Gasteiger partial charge on any atom is -0.486 e. The van der Waals surface area contributed by atoms with Gasteiger partial charge in [0.1, 0.15) is 13.2 Å². The Bertz CT molecular complexity index is 1110. The van der Waals surface area contributed by atoms with Gasteiger partial charge in [-0.3, -0.25) is 0 Å². The number of rotatable bonds is 3. The number of benzene rings is 2. The Morgan fingerprint density at radius 2 is 1.90 bits per heavy atom. The number of ether oxygens (including phenoxy) is 2. The maximum Gasteiger partial charge on any atom is 0.322 e. The molecule has 0 spiro atoms. The van der Waals surface area contributed by atoms with E-state index in [2.05, 4.69) is 31.3 Å². The second-order valence-corrected chi connectivity index (χ2v) is 9.13. The fraction of sp³-hybridized carbons (Fsp3) is 0.320. The SMILES string of the molecule is CCc1c(C)sc2c1CCN(C(=O)Nc1ccc3c(c1)OCCO3)[C@H]2c1ccccc1. The van der Waals surface area contributed by atoms with Gasteiger partial charge in [-0.2, -0.15) is 0 Å². The van der Waals surface area contributed by atoms with E-state index < -0.39 is 0 Å². The maximum absolute atomic E-state index is 13.4. The summed E-state index contributed by atoms with van der Waals surface area (Å²) in [7, 11) is 0. The summed E-state index contributed by atoms with van der Waals surface area (Å²) in [6.45, 7) is 6.17. The van der Waals surface area contributed by atoms with Crippen molar-refractivity contribution >= 4 is 23.1 Å². The second kappa shape index (κ2) is 8.27. The van der Waals surface area contributed by atoms with E-state index in [1.807, 2.05) is 52.6 Å². The predicted octanol–water partition coefficient (Wildman–Crippen LogP) is 5.57. The molecule has 0 fully saturated rings. The molecule has 5 rings (SSSR count). The van der Waals surface area contributed by atoms with Crippen LogP contribution in [0, 0.1) is 6.92 Å². The number of amides is 2. The highest BCUT2D eigenvalue weighted by atomic mass is 32.1. The second-order valence-electron chi connectivity index (χ2n) is 7.88. The Morgan fingerprint density at radius 3 is 2.68 bits per heavy atom. The summed E-state index contributed by atoms with van der Waals surface area (Å²) in [6, 6.07) is 15.7. The lowest BCUT2D eigenvalue weighted by Gasteiger charge is -2.36. The molecule has 3 aromatic rings. The highest BCUT2D eigenvalue weighted by Crippen LogP contribution is 2.43. The average Bonchev–Trinajstić information content (AvgIpc) is 3.13. The summed E-state index contributed by atoms with van der Waals surface area (Å²) in [5.41, 5.74) is 4.74. The molecule has 0 radical (unpaired) electrons. The van der Waals surface area contributed by atoms with Crippen LogP contribution in [0.1, 0.15) is 39.4 Å². The van der Waals surface area contributed by atoms with Gasteiger partial charge >= 0.3 is 6.03 Å². The van der Waals surface area contributed by atoms with Crippen LogP contribution in [0.15, 0.2) is 48.5 Å². The van der Waals surface area contributed by atoms with Crippen molar-refractivity contribution in [2.45, 2.75) is 32.7 Å². The van der Waals surface area contributed by atoms with Gasteiger partial charge < -0.3 is 19.7 Å². The van der Waals surface area contributed by atoms with Crippen LogP contribution in [-0.4, -0.2) is 30.7 Å². The first kappa shape index (κ1) is 19.9. The van der Waals surface area contributed by atoms with E-state index in [1.54, 1.807) is 0 Å². The van der Waals surface area contributed by atoms with Gasteiger partial charge in [0.2, 0.25) is 0 Å². The molecule has 31 heavy (non-hydrogen) atoms. The van der Waals surface area contributed by atoms with Crippen LogP contribution in [0.25, 0.3) is 0 Å². The van der Waals surface area contributed by atoms with Crippen molar-refractivity contribution in [3.63, 3.8) is 0 Å². The van der Waals surface area contributed by atoms with Crippen molar-refractivity contribution in [3.8, 4) is 11.5 Å². The molecular weight excluding hydrogens is 408 g/mol. The van der Waals surface area contributed by atoms with Gasteiger partial charge in [0, 0.05) is 28.1 Å². The normalized spacial score (nSPS) is 17.2. The summed E-state index contributed by atoms with van der Waals surface area (Å²) >= 11 is 1.83. The molecule has 0 bridgehead atoms. The number of aryl methyl sites for hydroxylation is 1. The standard InChI is InChI=1S/C25H26N2O3S/c1-3-19-16(2)31-24-20(19)11-12-27(23(24)17-7-5-4-6-8-17)25(28)26-18-9-10-21-22(15-18)30-14-13-29-21/h4-10,15,23H,3,11-14H2,1-2H3,(H,26,28)/t23-/m0/s1. The van der Waals surface area contributed by atoms with Crippen molar-refractivity contribution in [3.05, 3.63) is 75.0 Å². The fourth-order valence-electron chi connectivity index (χ4n) is 4.61. The van der Waals surface area contributed by atoms with Gasteiger partial charge in [0.15, 0.2) is 11.5 Å². The Hall–Kier alpha value is -2.99. The molecule has 1 aromatic heterocycles. The highest BCUT2D eigenvalue weighted by Gasteiger charge is 2.35. The van der Waals surface area contributed by atoms with Crippen LogP contribution in [0.2, 0.25) is 0 Å². The molecule has 1 atom stereocenters. The molecule has 3 heterocycles. The molecule has 6 heteroatoms. The summed E-state index contributed by atoms with van der Waals surface area (Å²) in [5.74, 6) is 1.39. The Labute approximate surface area is 186 Å². The summed E-state index contributed by atoms with van der Waals surface area (Å²) < 4.78 is 11.3. The molecule has 0 saturated carbocycles. The first-order chi connectivity index (χ1) is 15.2. The van der Waals surface area contributed by atoms with Crippen LogP contribution in [-0.2, 0) is 12.8 Å². The molecule has 160 valence electrons. The number of thiophene rings is 1. The van der Waals surface area contributed by atoms with Gasteiger partial charge in [0.05, 0.1) is 6.04 Å². The highest BCUT2D eigenvalue weighted by molar-refractivity contribution is 7.12.